The first-order valence-corrected chi connectivity index (χ1v) is 12.6. The molecule has 5 aliphatic rings. The molecule has 0 spiro atoms. The molecule has 0 radical (unpaired) electrons. The van der Waals surface area contributed by atoms with Crippen LogP contribution in [0.25, 0.3) is 17.0 Å². The number of fused-ring (bicyclic) bond motifs is 1. The van der Waals surface area contributed by atoms with Gasteiger partial charge in [0, 0.05) is 29.5 Å². The molecule has 1 aliphatic heterocycles. The van der Waals surface area contributed by atoms with Gasteiger partial charge in [-0.3, -0.25) is 4.79 Å². The third-order valence-corrected chi connectivity index (χ3v) is 8.66. The van der Waals surface area contributed by atoms with Crippen LogP contribution >= 0.6 is 0 Å². The quantitative estimate of drug-likeness (QED) is 0.543. The zero-order valence-electron chi connectivity index (χ0n) is 19.2. The lowest BCUT2D eigenvalue weighted by molar-refractivity contribution is -0.138. The van der Waals surface area contributed by atoms with Gasteiger partial charge in [-0.15, -0.1) is 0 Å². The SMILES string of the molecule is COc1ccc2nc(N3CCCCC3)c(/C=C/C(=O)C34CC5CC(CC(C5)C3)C4)cc2c1. The van der Waals surface area contributed by atoms with Crippen LogP contribution in [0.5, 0.6) is 5.75 Å². The fraction of sp³-hybridized carbons (Fsp3) is 0.571. The minimum Gasteiger partial charge on any atom is -0.497 e. The van der Waals surface area contributed by atoms with Crippen LogP contribution in [0.4, 0.5) is 5.82 Å². The van der Waals surface area contributed by atoms with E-state index in [-0.39, 0.29) is 5.41 Å². The Bertz CT molecular complexity index is 1030. The Morgan fingerprint density at radius 1 is 1.03 bits per heavy atom. The first kappa shape index (κ1) is 20.3. The zero-order valence-corrected chi connectivity index (χ0v) is 19.2. The molecule has 0 amide bonds. The molecule has 4 saturated carbocycles. The van der Waals surface area contributed by atoms with Gasteiger partial charge in [0.15, 0.2) is 5.78 Å². The number of pyridine rings is 1. The average Bonchev–Trinajstić information content (AvgIpc) is 2.81. The van der Waals surface area contributed by atoms with Gasteiger partial charge in [-0.25, -0.2) is 4.98 Å². The maximum atomic E-state index is 13.6. The topological polar surface area (TPSA) is 42.4 Å². The summed E-state index contributed by atoms with van der Waals surface area (Å²) in [5.41, 5.74) is 1.96. The minimum atomic E-state index is -0.0793. The van der Waals surface area contributed by atoms with Crippen molar-refractivity contribution in [3.8, 4) is 5.75 Å². The highest BCUT2D eigenvalue weighted by Gasteiger charge is 2.53. The number of ketones is 1. The summed E-state index contributed by atoms with van der Waals surface area (Å²) in [6.45, 7) is 2.08. The summed E-state index contributed by atoms with van der Waals surface area (Å²) >= 11 is 0. The van der Waals surface area contributed by atoms with E-state index < -0.39 is 0 Å². The molecular weight excluding hydrogens is 396 g/mol. The number of methoxy groups -OCH3 is 1. The number of anilines is 1. The predicted molar refractivity (Wildman–Crippen MR) is 129 cm³/mol. The Morgan fingerprint density at radius 2 is 1.72 bits per heavy atom. The highest BCUT2D eigenvalue weighted by molar-refractivity contribution is 5.99. The lowest BCUT2D eigenvalue weighted by Gasteiger charge is -2.55. The summed E-state index contributed by atoms with van der Waals surface area (Å²) in [6, 6.07) is 8.25. The molecule has 1 aromatic carbocycles. The normalized spacial score (nSPS) is 31.5. The molecule has 2 aromatic rings. The number of hydrogen-bond acceptors (Lipinski definition) is 4. The second-order valence-electron chi connectivity index (χ2n) is 10.9. The Kier molecular flexibility index (Phi) is 5.00. The highest BCUT2D eigenvalue weighted by Crippen LogP contribution is 2.60. The Balaban J connectivity index is 1.35. The van der Waals surface area contributed by atoms with E-state index in [9.17, 15) is 4.79 Å². The predicted octanol–water partition coefficient (Wildman–Crippen LogP) is 6.03. The van der Waals surface area contributed by atoms with Crippen molar-refractivity contribution in [2.45, 2.75) is 57.8 Å². The van der Waals surface area contributed by atoms with Crippen molar-refractivity contribution in [3.63, 3.8) is 0 Å². The number of rotatable bonds is 5. The molecule has 4 heteroatoms. The molecule has 0 unspecified atom stereocenters. The number of allylic oxidation sites excluding steroid dienone is 1. The summed E-state index contributed by atoms with van der Waals surface area (Å²) in [5, 5.41) is 1.06. The first-order valence-electron chi connectivity index (χ1n) is 12.6. The third kappa shape index (κ3) is 3.52. The van der Waals surface area contributed by atoms with Crippen LogP contribution in [0.1, 0.15) is 63.4 Å². The standard InChI is InChI=1S/C28H34N2O2/c1-32-24-6-7-25-23(15-24)14-22(27(29-25)30-9-3-2-4-10-30)5-8-26(31)28-16-19-11-20(17-28)13-21(12-19)18-28/h5-8,14-15,19-21H,2-4,9-13,16-18H2,1H3/b8-5+. The van der Waals surface area contributed by atoms with Gasteiger partial charge in [0.1, 0.15) is 11.6 Å². The molecule has 4 bridgehead atoms. The molecule has 0 atom stereocenters. The van der Waals surface area contributed by atoms with E-state index in [2.05, 4.69) is 17.0 Å². The number of ether oxygens (including phenoxy) is 1. The molecule has 1 aromatic heterocycles. The van der Waals surface area contributed by atoms with E-state index in [1.165, 1.54) is 38.5 Å². The maximum absolute atomic E-state index is 13.6. The van der Waals surface area contributed by atoms with Crippen LogP contribution in [-0.4, -0.2) is 31.0 Å². The summed E-state index contributed by atoms with van der Waals surface area (Å²) in [7, 11) is 1.70. The monoisotopic (exact) mass is 430 g/mol. The molecule has 4 nitrogen and oxygen atoms in total. The zero-order chi connectivity index (χ0) is 21.7. The molecule has 1 saturated heterocycles. The molecule has 5 fully saturated rings. The molecule has 7 rings (SSSR count). The van der Waals surface area contributed by atoms with Gasteiger partial charge in [0.05, 0.1) is 12.6 Å². The van der Waals surface area contributed by atoms with Crippen molar-refractivity contribution in [3.05, 3.63) is 35.9 Å². The molecule has 0 N–H and O–H groups in total. The smallest absolute Gasteiger partial charge is 0.161 e. The third-order valence-electron chi connectivity index (χ3n) is 8.66. The van der Waals surface area contributed by atoms with E-state index in [1.807, 2.05) is 24.3 Å². The summed E-state index contributed by atoms with van der Waals surface area (Å²) in [6.07, 6.45) is 15.1. The van der Waals surface area contributed by atoms with Crippen molar-refractivity contribution in [1.82, 2.24) is 4.98 Å². The van der Waals surface area contributed by atoms with Crippen LogP contribution in [0.2, 0.25) is 0 Å². The van der Waals surface area contributed by atoms with Crippen LogP contribution in [-0.2, 0) is 4.79 Å². The summed E-state index contributed by atoms with van der Waals surface area (Å²) < 4.78 is 5.43. The fourth-order valence-electron chi connectivity index (χ4n) is 7.52. The van der Waals surface area contributed by atoms with Crippen LogP contribution in [0.3, 0.4) is 0 Å². The Labute approximate surface area is 191 Å². The van der Waals surface area contributed by atoms with Gasteiger partial charge in [-0.2, -0.15) is 0 Å². The fourth-order valence-corrected chi connectivity index (χ4v) is 7.52. The lowest BCUT2D eigenvalue weighted by Crippen LogP contribution is -2.49. The van der Waals surface area contributed by atoms with Crippen molar-refractivity contribution in [2.75, 3.05) is 25.1 Å². The number of hydrogen-bond donors (Lipinski definition) is 0. The van der Waals surface area contributed by atoms with Crippen molar-refractivity contribution >= 4 is 28.6 Å². The maximum Gasteiger partial charge on any atom is 0.161 e. The Morgan fingerprint density at radius 3 is 2.38 bits per heavy atom. The lowest BCUT2D eigenvalue weighted by atomic mass is 9.48. The highest BCUT2D eigenvalue weighted by atomic mass is 16.5. The van der Waals surface area contributed by atoms with E-state index in [0.717, 1.165) is 78.1 Å². The van der Waals surface area contributed by atoms with Crippen LogP contribution < -0.4 is 9.64 Å². The largest absolute Gasteiger partial charge is 0.497 e. The molecule has 4 aliphatic carbocycles. The number of nitrogens with zero attached hydrogens (tertiary/aromatic N) is 2. The van der Waals surface area contributed by atoms with Gasteiger partial charge in [0.25, 0.3) is 0 Å². The van der Waals surface area contributed by atoms with Gasteiger partial charge in [-0.05, 0) is 112 Å². The van der Waals surface area contributed by atoms with E-state index in [4.69, 9.17) is 9.72 Å². The number of carbonyl (C=O) groups is 1. The van der Waals surface area contributed by atoms with Crippen molar-refractivity contribution in [2.24, 2.45) is 23.2 Å². The summed E-state index contributed by atoms with van der Waals surface area (Å²) in [4.78, 5) is 21.0. The number of aromatic nitrogens is 1. The van der Waals surface area contributed by atoms with Crippen LogP contribution in [0, 0.1) is 23.2 Å². The molecular formula is C28H34N2O2. The number of piperidine rings is 1. The van der Waals surface area contributed by atoms with E-state index >= 15 is 0 Å². The second-order valence-corrected chi connectivity index (χ2v) is 10.9. The molecule has 168 valence electrons. The van der Waals surface area contributed by atoms with Crippen molar-refractivity contribution in [1.29, 1.82) is 0 Å². The van der Waals surface area contributed by atoms with Gasteiger partial charge in [-0.1, -0.05) is 0 Å². The molecule has 2 heterocycles. The van der Waals surface area contributed by atoms with Gasteiger partial charge >= 0.3 is 0 Å². The van der Waals surface area contributed by atoms with Crippen molar-refractivity contribution < 1.29 is 9.53 Å². The number of benzene rings is 1. The summed E-state index contributed by atoms with van der Waals surface area (Å²) in [5.74, 6) is 4.60. The Hall–Kier alpha value is -2.36. The average molecular weight is 431 g/mol. The molecule has 32 heavy (non-hydrogen) atoms. The first-order chi connectivity index (χ1) is 15.6. The van der Waals surface area contributed by atoms with Gasteiger partial charge < -0.3 is 9.64 Å². The van der Waals surface area contributed by atoms with E-state index in [1.54, 1.807) is 7.11 Å². The minimum absolute atomic E-state index is 0.0793. The number of carbonyl (C=O) groups excluding carboxylic acids is 1. The second kappa shape index (κ2) is 7.90. The van der Waals surface area contributed by atoms with E-state index in [0.29, 0.717) is 5.78 Å². The van der Waals surface area contributed by atoms with Crippen LogP contribution in [0.15, 0.2) is 30.3 Å². The van der Waals surface area contributed by atoms with Gasteiger partial charge in [0.2, 0.25) is 0 Å².